The minimum absolute atomic E-state index is 0.0568. The van der Waals surface area contributed by atoms with E-state index in [4.69, 9.17) is 0 Å². The molecule has 0 atom stereocenters. The fourth-order valence-electron chi connectivity index (χ4n) is 2.13. The van der Waals surface area contributed by atoms with Gasteiger partial charge in [0.2, 0.25) is 0 Å². The zero-order valence-corrected chi connectivity index (χ0v) is 10.8. The maximum atomic E-state index is 12.4. The van der Waals surface area contributed by atoms with Crippen LogP contribution in [0.2, 0.25) is 0 Å². The van der Waals surface area contributed by atoms with Crippen LogP contribution in [-0.2, 0) is 0 Å². The highest BCUT2D eigenvalue weighted by Gasteiger charge is 2.32. The number of aryl methyl sites for hydroxylation is 1. The van der Waals surface area contributed by atoms with Crippen molar-refractivity contribution in [3.63, 3.8) is 0 Å². The molecule has 2 aliphatic carbocycles. The molecule has 2 fully saturated rings. The summed E-state index contributed by atoms with van der Waals surface area (Å²) in [5, 5.41) is 0. The molecule has 0 N–H and O–H groups in total. The summed E-state index contributed by atoms with van der Waals surface area (Å²) < 4.78 is 0. The van der Waals surface area contributed by atoms with E-state index in [1.807, 2.05) is 11.8 Å². The summed E-state index contributed by atoms with van der Waals surface area (Å²) in [7, 11) is 0. The molecule has 3 rings (SSSR count). The number of hydrogen-bond acceptors (Lipinski definition) is 3. The molecule has 4 heteroatoms. The van der Waals surface area contributed by atoms with Crippen LogP contribution in [0.3, 0.4) is 0 Å². The van der Waals surface area contributed by atoms with Crippen molar-refractivity contribution in [1.82, 2.24) is 14.9 Å². The predicted molar refractivity (Wildman–Crippen MR) is 68.1 cm³/mol. The SMILES string of the molecule is Cc1cnc(C(=O)N(CC2CC2)CC2CC2)cn1. The van der Waals surface area contributed by atoms with Crippen LogP contribution in [0.5, 0.6) is 0 Å². The van der Waals surface area contributed by atoms with E-state index in [0.29, 0.717) is 5.69 Å². The van der Waals surface area contributed by atoms with E-state index < -0.39 is 0 Å². The first-order chi connectivity index (χ1) is 8.72. The third-order valence-corrected chi connectivity index (χ3v) is 3.64. The Hall–Kier alpha value is -1.45. The van der Waals surface area contributed by atoms with Crippen LogP contribution < -0.4 is 0 Å². The average molecular weight is 245 g/mol. The molecule has 0 aromatic carbocycles. The van der Waals surface area contributed by atoms with E-state index in [0.717, 1.165) is 30.6 Å². The second-order valence-corrected chi connectivity index (χ2v) is 5.64. The third kappa shape index (κ3) is 2.86. The summed E-state index contributed by atoms with van der Waals surface area (Å²) in [4.78, 5) is 22.8. The molecule has 0 radical (unpaired) electrons. The normalized spacial score (nSPS) is 18.7. The maximum absolute atomic E-state index is 12.4. The first-order valence-corrected chi connectivity index (χ1v) is 6.80. The molecule has 0 unspecified atom stereocenters. The van der Waals surface area contributed by atoms with Gasteiger partial charge in [-0.2, -0.15) is 0 Å². The first kappa shape index (κ1) is 11.6. The highest BCUT2D eigenvalue weighted by molar-refractivity contribution is 5.92. The monoisotopic (exact) mass is 245 g/mol. The van der Waals surface area contributed by atoms with Crippen LogP contribution in [-0.4, -0.2) is 33.9 Å². The van der Waals surface area contributed by atoms with E-state index in [-0.39, 0.29) is 5.91 Å². The number of rotatable bonds is 5. The van der Waals surface area contributed by atoms with E-state index in [1.54, 1.807) is 12.4 Å². The van der Waals surface area contributed by atoms with E-state index >= 15 is 0 Å². The van der Waals surface area contributed by atoms with Crippen LogP contribution in [0, 0.1) is 18.8 Å². The second-order valence-electron chi connectivity index (χ2n) is 5.64. The molecule has 1 heterocycles. The Balaban J connectivity index is 1.70. The Kier molecular flexibility index (Phi) is 3.02. The van der Waals surface area contributed by atoms with Crippen LogP contribution in [0.15, 0.2) is 12.4 Å². The topological polar surface area (TPSA) is 46.1 Å². The predicted octanol–water partition coefficient (Wildman–Crippen LogP) is 2.05. The van der Waals surface area contributed by atoms with Crippen molar-refractivity contribution >= 4 is 5.91 Å². The van der Waals surface area contributed by atoms with Gasteiger partial charge in [0.1, 0.15) is 5.69 Å². The van der Waals surface area contributed by atoms with Gasteiger partial charge < -0.3 is 4.90 Å². The van der Waals surface area contributed by atoms with Gasteiger partial charge >= 0.3 is 0 Å². The number of amides is 1. The van der Waals surface area contributed by atoms with Crippen molar-refractivity contribution in [1.29, 1.82) is 0 Å². The number of carbonyl (C=O) groups excluding carboxylic acids is 1. The lowest BCUT2D eigenvalue weighted by atomic mass is 10.2. The average Bonchev–Trinajstić information content (AvgIpc) is 3.23. The van der Waals surface area contributed by atoms with Gasteiger partial charge in [0.25, 0.3) is 5.91 Å². The fourth-order valence-corrected chi connectivity index (χ4v) is 2.13. The zero-order valence-electron chi connectivity index (χ0n) is 10.8. The Bertz CT molecular complexity index is 421. The van der Waals surface area contributed by atoms with Crippen LogP contribution >= 0.6 is 0 Å². The van der Waals surface area contributed by atoms with Gasteiger partial charge in [-0.3, -0.25) is 9.78 Å². The van der Waals surface area contributed by atoms with Gasteiger partial charge in [0, 0.05) is 19.3 Å². The summed E-state index contributed by atoms with van der Waals surface area (Å²) in [5.41, 5.74) is 1.34. The quantitative estimate of drug-likeness (QED) is 0.797. The Morgan fingerprint density at radius 3 is 2.22 bits per heavy atom. The third-order valence-electron chi connectivity index (χ3n) is 3.64. The Labute approximate surface area is 107 Å². The summed E-state index contributed by atoms with van der Waals surface area (Å²) in [6, 6.07) is 0. The number of hydrogen-bond donors (Lipinski definition) is 0. The van der Waals surface area contributed by atoms with Crippen molar-refractivity contribution in [2.24, 2.45) is 11.8 Å². The van der Waals surface area contributed by atoms with Gasteiger partial charge in [0.15, 0.2) is 0 Å². The van der Waals surface area contributed by atoms with Crippen molar-refractivity contribution in [3.05, 3.63) is 23.8 Å². The smallest absolute Gasteiger partial charge is 0.274 e. The molecule has 0 spiro atoms. The molecule has 1 aromatic heterocycles. The van der Waals surface area contributed by atoms with Crippen molar-refractivity contribution in [2.45, 2.75) is 32.6 Å². The summed E-state index contributed by atoms with van der Waals surface area (Å²) in [6.07, 6.45) is 8.36. The Morgan fingerprint density at radius 1 is 1.17 bits per heavy atom. The molecule has 0 aliphatic heterocycles. The lowest BCUT2D eigenvalue weighted by Gasteiger charge is -2.22. The highest BCUT2D eigenvalue weighted by Crippen LogP contribution is 2.34. The zero-order chi connectivity index (χ0) is 12.5. The molecular formula is C14H19N3O. The molecule has 1 amide bonds. The standard InChI is InChI=1S/C14H19N3O/c1-10-6-16-13(7-15-10)14(18)17(8-11-2-3-11)9-12-4-5-12/h6-7,11-12H,2-5,8-9H2,1H3. The summed E-state index contributed by atoms with van der Waals surface area (Å²) in [5.74, 6) is 1.51. The Morgan fingerprint density at radius 2 is 1.78 bits per heavy atom. The second kappa shape index (κ2) is 4.67. The number of aromatic nitrogens is 2. The van der Waals surface area contributed by atoms with Crippen molar-refractivity contribution < 1.29 is 4.79 Å². The van der Waals surface area contributed by atoms with Gasteiger partial charge in [-0.05, 0) is 44.4 Å². The van der Waals surface area contributed by atoms with E-state index in [9.17, 15) is 4.79 Å². The molecule has 1 aromatic rings. The largest absolute Gasteiger partial charge is 0.337 e. The van der Waals surface area contributed by atoms with Gasteiger partial charge in [-0.15, -0.1) is 0 Å². The summed E-state index contributed by atoms with van der Waals surface area (Å²) in [6.45, 7) is 3.70. The van der Waals surface area contributed by atoms with Crippen LogP contribution in [0.1, 0.15) is 41.9 Å². The van der Waals surface area contributed by atoms with Crippen molar-refractivity contribution in [3.8, 4) is 0 Å². The molecule has 0 saturated heterocycles. The molecule has 4 nitrogen and oxygen atoms in total. The van der Waals surface area contributed by atoms with Crippen LogP contribution in [0.4, 0.5) is 0 Å². The number of nitrogens with zero attached hydrogens (tertiary/aromatic N) is 3. The van der Waals surface area contributed by atoms with Crippen molar-refractivity contribution in [2.75, 3.05) is 13.1 Å². The summed E-state index contributed by atoms with van der Waals surface area (Å²) >= 11 is 0. The highest BCUT2D eigenvalue weighted by atomic mass is 16.2. The van der Waals surface area contributed by atoms with Gasteiger partial charge in [0.05, 0.1) is 11.9 Å². The minimum Gasteiger partial charge on any atom is -0.337 e. The fraction of sp³-hybridized carbons (Fsp3) is 0.643. The molecule has 96 valence electrons. The van der Waals surface area contributed by atoms with Crippen LogP contribution in [0.25, 0.3) is 0 Å². The molecule has 2 saturated carbocycles. The van der Waals surface area contributed by atoms with Gasteiger partial charge in [-0.25, -0.2) is 4.98 Å². The molecule has 2 aliphatic rings. The molecule has 0 bridgehead atoms. The molecule has 18 heavy (non-hydrogen) atoms. The first-order valence-electron chi connectivity index (χ1n) is 6.80. The lowest BCUT2D eigenvalue weighted by Crippen LogP contribution is -2.35. The van der Waals surface area contributed by atoms with Gasteiger partial charge in [-0.1, -0.05) is 0 Å². The minimum atomic E-state index is 0.0568. The lowest BCUT2D eigenvalue weighted by molar-refractivity contribution is 0.0733. The number of carbonyl (C=O) groups is 1. The van der Waals surface area contributed by atoms with E-state index in [2.05, 4.69) is 9.97 Å². The van der Waals surface area contributed by atoms with E-state index in [1.165, 1.54) is 25.7 Å². The molecular weight excluding hydrogens is 226 g/mol. The maximum Gasteiger partial charge on any atom is 0.274 e.